The van der Waals surface area contributed by atoms with Gasteiger partial charge >= 0.3 is 5.97 Å². The van der Waals surface area contributed by atoms with Crippen molar-refractivity contribution in [3.05, 3.63) is 40.5 Å². The molecule has 0 spiro atoms. The number of aromatic nitrogens is 2. The number of carbonyl (C=O) groups is 1. The molecule has 0 amide bonds. The van der Waals surface area contributed by atoms with Crippen LogP contribution < -0.4 is 0 Å². The molecule has 104 valence electrons. The zero-order chi connectivity index (χ0) is 14.3. The van der Waals surface area contributed by atoms with Gasteiger partial charge in [-0.25, -0.2) is 4.79 Å². The Hall–Kier alpha value is -1.62. The second-order valence-corrected chi connectivity index (χ2v) is 6.09. The van der Waals surface area contributed by atoms with E-state index in [-0.39, 0.29) is 11.6 Å². The topological polar surface area (TPSA) is 55.1 Å². The molecule has 1 unspecified atom stereocenters. The van der Waals surface area contributed by atoms with Gasteiger partial charge in [0.15, 0.2) is 0 Å². The lowest BCUT2D eigenvalue weighted by Gasteiger charge is -2.10. The lowest BCUT2D eigenvalue weighted by molar-refractivity contribution is 0.0697. The van der Waals surface area contributed by atoms with E-state index in [9.17, 15) is 9.90 Å². The number of nitrogens with zero attached hydrogens (tertiary/aromatic N) is 2. The van der Waals surface area contributed by atoms with Crippen molar-refractivity contribution < 1.29 is 9.90 Å². The third kappa shape index (κ3) is 2.38. The average molecular weight is 335 g/mol. The van der Waals surface area contributed by atoms with E-state index in [2.05, 4.69) is 28.0 Å². The summed E-state index contributed by atoms with van der Waals surface area (Å²) in [7, 11) is 0. The molecule has 1 saturated carbocycles. The summed E-state index contributed by atoms with van der Waals surface area (Å²) in [6.45, 7) is 2.10. The predicted molar refractivity (Wildman–Crippen MR) is 79.8 cm³/mol. The molecular formula is C15H15BrN2O2. The molecule has 1 atom stereocenters. The monoisotopic (exact) mass is 334 g/mol. The molecule has 0 aliphatic heterocycles. The minimum Gasteiger partial charge on any atom is -0.478 e. The van der Waals surface area contributed by atoms with Crippen molar-refractivity contribution in [1.29, 1.82) is 0 Å². The van der Waals surface area contributed by atoms with Gasteiger partial charge in [-0.3, -0.25) is 4.68 Å². The standard InChI is InChI=1S/C15H15BrN2O2/c1-9(10-6-7-10)18-8-12(15(19)20)14(17-18)11-4-2-3-5-13(11)16/h2-5,8-10H,6-7H2,1H3,(H,19,20). The van der Waals surface area contributed by atoms with Crippen LogP contribution in [0.5, 0.6) is 0 Å². The average Bonchev–Trinajstić information content (AvgIpc) is 3.17. The molecule has 3 rings (SSSR count). The third-order valence-corrected chi connectivity index (χ3v) is 4.50. The summed E-state index contributed by atoms with van der Waals surface area (Å²) < 4.78 is 2.66. The van der Waals surface area contributed by atoms with E-state index in [0.717, 1.165) is 10.0 Å². The summed E-state index contributed by atoms with van der Waals surface area (Å²) >= 11 is 3.46. The van der Waals surface area contributed by atoms with Crippen molar-refractivity contribution in [2.75, 3.05) is 0 Å². The van der Waals surface area contributed by atoms with Crippen molar-refractivity contribution >= 4 is 21.9 Å². The van der Waals surface area contributed by atoms with Crippen molar-refractivity contribution in [2.45, 2.75) is 25.8 Å². The SMILES string of the molecule is CC(C1CC1)n1cc(C(=O)O)c(-c2ccccc2Br)n1. The summed E-state index contributed by atoms with van der Waals surface area (Å²) in [5, 5.41) is 13.9. The minimum absolute atomic E-state index is 0.254. The van der Waals surface area contributed by atoms with Gasteiger partial charge in [-0.1, -0.05) is 34.1 Å². The van der Waals surface area contributed by atoms with Crippen molar-refractivity contribution in [1.82, 2.24) is 9.78 Å². The van der Waals surface area contributed by atoms with Crippen LogP contribution in [0.4, 0.5) is 0 Å². The summed E-state index contributed by atoms with van der Waals surface area (Å²) in [5.74, 6) is -0.311. The first-order valence-corrected chi connectivity index (χ1v) is 7.44. The van der Waals surface area contributed by atoms with Gasteiger partial charge in [-0.05, 0) is 31.7 Å². The zero-order valence-electron chi connectivity index (χ0n) is 11.1. The number of aromatic carboxylic acids is 1. The fourth-order valence-electron chi connectivity index (χ4n) is 2.40. The van der Waals surface area contributed by atoms with Gasteiger partial charge in [-0.15, -0.1) is 0 Å². The van der Waals surface area contributed by atoms with Crippen LogP contribution in [0, 0.1) is 5.92 Å². The molecule has 1 fully saturated rings. The number of halogens is 1. The minimum atomic E-state index is -0.940. The van der Waals surface area contributed by atoms with Crippen LogP contribution in [0.3, 0.4) is 0 Å². The lowest BCUT2D eigenvalue weighted by atomic mass is 10.1. The van der Waals surface area contributed by atoms with Crippen LogP contribution in [0.1, 0.15) is 36.2 Å². The van der Waals surface area contributed by atoms with Crippen molar-refractivity contribution in [3.63, 3.8) is 0 Å². The number of hydrogen-bond donors (Lipinski definition) is 1. The summed E-state index contributed by atoms with van der Waals surface area (Å²) in [6, 6.07) is 7.81. The van der Waals surface area contributed by atoms with E-state index in [1.165, 1.54) is 12.8 Å². The van der Waals surface area contributed by atoms with Crippen molar-refractivity contribution in [3.8, 4) is 11.3 Å². The Kier molecular flexibility index (Phi) is 3.38. The van der Waals surface area contributed by atoms with Crippen molar-refractivity contribution in [2.24, 2.45) is 5.92 Å². The molecule has 5 heteroatoms. The van der Waals surface area contributed by atoms with E-state index in [1.54, 1.807) is 10.9 Å². The number of hydrogen-bond acceptors (Lipinski definition) is 2. The molecule has 1 aliphatic rings. The van der Waals surface area contributed by atoms with Gasteiger partial charge in [0, 0.05) is 16.2 Å². The lowest BCUT2D eigenvalue weighted by Crippen LogP contribution is -2.07. The molecule has 1 aromatic heterocycles. The number of carboxylic acid groups (broad SMARTS) is 1. The normalized spacial score (nSPS) is 16.1. The van der Waals surface area contributed by atoms with E-state index in [1.807, 2.05) is 24.3 Å². The van der Waals surface area contributed by atoms with E-state index in [4.69, 9.17) is 0 Å². The molecule has 1 N–H and O–H groups in total. The Balaban J connectivity index is 2.09. The molecule has 1 heterocycles. The van der Waals surface area contributed by atoms with Crippen LogP contribution >= 0.6 is 15.9 Å². The van der Waals surface area contributed by atoms with Crippen LogP contribution in [0.15, 0.2) is 34.9 Å². The second kappa shape index (κ2) is 5.05. The Morgan fingerprint density at radius 3 is 2.75 bits per heavy atom. The molecular weight excluding hydrogens is 320 g/mol. The van der Waals surface area contributed by atoms with Gasteiger partial charge in [0.2, 0.25) is 0 Å². The van der Waals surface area contributed by atoms with Gasteiger partial charge < -0.3 is 5.11 Å². The fraction of sp³-hybridized carbons (Fsp3) is 0.333. The first-order valence-electron chi connectivity index (χ1n) is 6.65. The first kappa shape index (κ1) is 13.4. The maximum atomic E-state index is 11.5. The van der Waals surface area contributed by atoms with Crippen LogP contribution in [-0.2, 0) is 0 Å². The molecule has 1 aromatic carbocycles. The van der Waals surface area contributed by atoms with E-state index < -0.39 is 5.97 Å². The number of rotatable bonds is 4. The van der Waals surface area contributed by atoms with Crippen LogP contribution in [0.2, 0.25) is 0 Å². The highest BCUT2D eigenvalue weighted by Gasteiger charge is 2.31. The number of carboxylic acids is 1. The highest BCUT2D eigenvalue weighted by atomic mass is 79.9. The third-order valence-electron chi connectivity index (χ3n) is 3.81. The Morgan fingerprint density at radius 2 is 2.15 bits per heavy atom. The Morgan fingerprint density at radius 1 is 1.45 bits per heavy atom. The first-order chi connectivity index (χ1) is 9.58. The highest BCUT2D eigenvalue weighted by Crippen LogP contribution is 2.40. The summed E-state index contributed by atoms with van der Waals surface area (Å²) in [4.78, 5) is 11.5. The Bertz CT molecular complexity index is 662. The maximum absolute atomic E-state index is 11.5. The smallest absolute Gasteiger partial charge is 0.339 e. The fourth-order valence-corrected chi connectivity index (χ4v) is 2.88. The molecule has 1 aliphatic carbocycles. The summed E-state index contributed by atoms with van der Waals surface area (Å²) in [5.41, 5.74) is 1.59. The maximum Gasteiger partial charge on any atom is 0.339 e. The van der Waals surface area contributed by atoms with E-state index >= 15 is 0 Å². The summed E-state index contributed by atoms with van der Waals surface area (Å²) in [6.07, 6.45) is 4.06. The van der Waals surface area contributed by atoms with Gasteiger partial charge in [0.1, 0.15) is 11.3 Å². The number of benzene rings is 1. The highest BCUT2D eigenvalue weighted by molar-refractivity contribution is 9.10. The molecule has 4 nitrogen and oxygen atoms in total. The molecule has 0 bridgehead atoms. The molecule has 0 saturated heterocycles. The molecule has 0 radical (unpaired) electrons. The second-order valence-electron chi connectivity index (χ2n) is 5.23. The largest absolute Gasteiger partial charge is 0.478 e. The molecule has 2 aromatic rings. The Labute approximate surface area is 125 Å². The molecule has 20 heavy (non-hydrogen) atoms. The van der Waals surface area contributed by atoms with Crippen LogP contribution in [0.25, 0.3) is 11.3 Å². The van der Waals surface area contributed by atoms with Gasteiger partial charge in [0.25, 0.3) is 0 Å². The van der Waals surface area contributed by atoms with Gasteiger partial charge in [-0.2, -0.15) is 5.10 Å². The predicted octanol–water partition coefficient (Wildman–Crippen LogP) is 3.98. The van der Waals surface area contributed by atoms with E-state index in [0.29, 0.717) is 11.6 Å². The quantitative estimate of drug-likeness (QED) is 0.919. The van der Waals surface area contributed by atoms with Gasteiger partial charge in [0.05, 0.1) is 6.04 Å². The zero-order valence-corrected chi connectivity index (χ0v) is 12.7. The van der Waals surface area contributed by atoms with Crippen LogP contribution in [-0.4, -0.2) is 20.9 Å².